The Hall–Kier alpha value is -1.78. The van der Waals surface area contributed by atoms with E-state index in [0.717, 1.165) is 27.3 Å². The van der Waals surface area contributed by atoms with E-state index in [4.69, 9.17) is 11.6 Å². The lowest BCUT2D eigenvalue weighted by Crippen LogP contribution is -2.10. The smallest absolute Gasteiger partial charge is 0.191 e. The minimum atomic E-state index is 0.149. The minimum Gasteiger partial charge on any atom is -0.305 e. The molecule has 0 unspecified atom stereocenters. The van der Waals surface area contributed by atoms with Crippen molar-refractivity contribution < 1.29 is 0 Å². The Morgan fingerprint density at radius 3 is 2.40 bits per heavy atom. The van der Waals surface area contributed by atoms with Crippen molar-refractivity contribution in [3.63, 3.8) is 0 Å². The van der Waals surface area contributed by atoms with Gasteiger partial charge in [-0.2, -0.15) is 0 Å². The molecule has 0 N–H and O–H groups in total. The fraction of sp³-hybridized carbons (Fsp3) is 0.300. The zero-order valence-corrected chi connectivity index (χ0v) is 16.5. The zero-order chi connectivity index (χ0) is 18.0. The highest BCUT2D eigenvalue weighted by Gasteiger charge is 2.15. The van der Waals surface area contributed by atoms with Crippen molar-refractivity contribution in [1.82, 2.24) is 14.8 Å². The van der Waals surface area contributed by atoms with Gasteiger partial charge in [0.2, 0.25) is 0 Å². The largest absolute Gasteiger partial charge is 0.305 e. The fourth-order valence-corrected chi connectivity index (χ4v) is 3.65. The van der Waals surface area contributed by atoms with Crippen molar-refractivity contribution in [2.75, 3.05) is 0 Å². The number of hydrogen-bond acceptors (Lipinski definition) is 3. The molecule has 0 fully saturated rings. The number of halogens is 1. The Bertz CT molecular complexity index is 863. The summed E-state index contributed by atoms with van der Waals surface area (Å²) in [5, 5.41) is 10.4. The molecule has 3 nitrogen and oxygen atoms in total. The van der Waals surface area contributed by atoms with Crippen LogP contribution in [0.15, 0.2) is 53.7 Å². The van der Waals surface area contributed by atoms with Gasteiger partial charge in [-0.15, -0.1) is 10.2 Å². The molecule has 1 heterocycles. The third-order valence-electron chi connectivity index (χ3n) is 4.10. The van der Waals surface area contributed by atoms with E-state index in [1.807, 2.05) is 29.8 Å². The van der Waals surface area contributed by atoms with Crippen LogP contribution in [0.2, 0.25) is 5.02 Å². The molecule has 0 saturated heterocycles. The molecular formula is C20H22ClN3S. The quantitative estimate of drug-likeness (QED) is 0.549. The Labute approximate surface area is 158 Å². The molecule has 0 aliphatic heterocycles. The molecule has 0 spiro atoms. The topological polar surface area (TPSA) is 30.7 Å². The van der Waals surface area contributed by atoms with Crippen molar-refractivity contribution in [1.29, 1.82) is 0 Å². The van der Waals surface area contributed by atoms with Crippen molar-refractivity contribution in [3.8, 4) is 11.4 Å². The van der Waals surface area contributed by atoms with E-state index in [0.29, 0.717) is 0 Å². The molecule has 1 aromatic heterocycles. The van der Waals surface area contributed by atoms with Gasteiger partial charge in [0.25, 0.3) is 0 Å². The van der Waals surface area contributed by atoms with Gasteiger partial charge >= 0.3 is 0 Å². The van der Waals surface area contributed by atoms with E-state index >= 15 is 0 Å². The summed E-state index contributed by atoms with van der Waals surface area (Å²) in [5.74, 6) is 1.70. The van der Waals surface area contributed by atoms with Crippen molar-refractivity contribution in [3.05, 3.63) is 64.7 Å². The highest BCUT2D eigenvalue weighted by molar-refractivity contribution is 7.98. The fourth-order valence-electron chi connectivity index (χ4n) is 2.59. The van der Waals surface area contributed by atoms with Gasteiger partial charge in [0.05, 0.1) is 0 Å². The summed E-state index contributed by atoms with van der Waals surface area (Å²) in [6, 6.07) is 16.5. The maximum atomic E-state index is 6.04. The van der Waals surface area contributed by atoms with E-state index in [1.165, 1.54) is 11.1 Å². The molecule has 3 rings (SSSR count). The van der Waals surface area contributed by atoms with Crippen LogP contribution in [-0.4, -0.2) is 14.8 Å². The first-order valence-corrected chi connectivity index (χ1v) is 9.58. The summed E-state index contributed by atoms with van der Waals surface area (Å²) in [5.41, 5.74) is 3.72. The lowest BCUT2D eigenvalue weighted by molar-refractivity contribution is 0.590. The molecule has 0 atom stereocenters. The maximum absolute atomic E-state index is 6.04. The summed E-state index contributed by atoms with van der Waals surface area (Å²) in [6.45, 7) is 6.65. The first-order valence-electron chi connectivity index (χ1n) is 8.22. The third kappa shape index (κ3) is 4.25. The predicted molar refractivity (Wildman–Crippen MR) is 106 cm³/mol. The first-order chi connectivity index (χ1) is 11.8. The maximum Gasteiger partial charge on any atom is 0.191 e. The molecule has 0 radical (unpaired) electrons. The number of hydrogen-bond donors (Lipinski definition) is 0. The summed E-state index contributed by atoms with van der Waals surface area (Å²) in [6.07, 6.45) is 0. The van der Waals surface area contributed by atoms with Gasteiger partial charge in [-0.3, -0.25) is 0 Å². The third-order valence-corrected chi connectivity index (χ3v) is 5.43. The predicted octanol–water partition coefficient (Wildman–Crippen LogP) is 5.73. The van der Waals surface area contributed by atoms with E-state index in [2.05, 4.69) is 61.3 Å². The van der Waals surface area contributed by atoms with Crippen LogP contribution < -0.4 is 0 Å². The van der Waals surface area contributed by atoms with Crippen LogP contribution in [0.25, 0.3) is 11.4 Å². The second kappa shape index (κ2) is 7.22. The van der Waals surface area contributed by atoms with E-state index in [1.54, 1.807) is 11.8 Å². The standard InChI is InChI=1S/C20H22ClN3S/c1-20(2,3)16-10-8-15(9-11-16)18-22-23-19(24(18)4)25-13-14-6-5-7-17(21)12-14/h5-12H,13H2,1-4H3. The van der Waals surface area contributed by atoms with E-state index < -0.39 is 0 Å². The molecule has 0 aliphatic carbocycles. The van der Waals surface area contributed by atoms with Crippen LogP contribution in [0.4, 0.5) is 0 Å². The molecule has 3 aromatic rings. The first kappa shape index (κ1) is 18.0. The molecule has 0 amide bonds. The monoisotopic (exact) mass is 371 g/mol. The summed E-state index contributed by atoms with van der Waals surface area (Å²) < 4.78 is 2.04. The Balaban J connectivity index is 1.77. The highest BCUT2D eigenvalue weighted by atomic mass is 35.5. The molecule has 2 aromatic carbocycles. The van der Waals surface area contributed by atoms with Crippen LogP contribution >= 0.6 is 23.4 Å². The van der Waals surface area contributed by atoms with Crippen molar-refractivity contribution in [2.24, 2.45) is 7.05 Å². The summed E-state index contributed by atoms with van der Waals surface area (Å²) in [7, 11) is 2.01. The Morgan fingerprint density at radius 2 is 1.76 bits per heavy atom. The van der Waals surface area contributed by atoms with Gasteiger partial charge in [-0.25, -0.2) is 0 Å². The molecule has 5 heteroatoms. The molecule has 130 valence electrons. The van der Waals surface area contributed by atoms with Crippen LogP contribution in [0.3, 0.4) is 0 Å². The number of nitrogens with zero attached hydrogens (tertiary/aromatic N) is 3. The average molecular weight is 372 g/mol. The van der Waals surface area contributed by atoms with Crippen molar-refractivity contribution in [2.45, 2.75) is 37.1 Å². The van der Waals surface area contributed by atoms with Gasteiger partial charge < -0.3 is 4.57 Å². The van der Waals surface area contributed by atoms with Gasteiger partial charge in [0.1, 0.15) is 0 Å². The summed E-state index contributed by atoms with van der Waals surface area (Å²) in [4.78, 5) is 0. The SMILES string of the molecule is Cn1c(SCc2cccc(Cl)c2)nnc1-c1ccc(C(C)(C)C)cc1. The van der Waals surface area contributed by atoms with Gasteiger partial charge in [-0.1, -0.05) is 80.5 Å². The number of aromatic nitrogens is 3. The van der Waals surface area contributed by atoms with Crippen LogP contribution in [-0.2, 0) is 18.2 Å². The van der Waals surface area contributed by atoms with E-state index in [-0.39, 0.29) is 5.41 Å². The van der Waals surface area contributed by atoms with Gasteiger partial charge in [0, 0.05) is 23.4 Å². The molecular weight excluding hydrogens is 350 g/mol. The Kier molecular flexibility index (Phi) is 5.21. The van der Waals surface area contributed by atoms with Crippen LogP contribution in [0, 0.1) is 0 Å². The highest BCUT2D eigenvalue weighted by Crippen LogP contribution is 2.28. The lowest BCUT2D eigenvalue weighted by atomic mass is 9.87. The van der Waals surface area contributed by atoms with Gasteiger partial charge in [-0.05, 0) is 28.7 Å². The second-order valence-corrected chi connectivity index (χ2v) is 8.49. The van der Waals surface area contributed by atoms with Gasteiger partial charge in [0.15, 0.2) is 11.0 Å². The normalized spacial score (nSPS) is 11.7. The number of benzene rings is 2. The minimum absolute atomic E-state index is 0.149. The van der Waals surface area contributed by atoms with E-state index in [9.17, 15) is 0 Å². The molecule has 25 heavy (non-hydrogen) atoms. The molecule has 0 bridgehead atoms. The molecule has 0 aliphatic rings. The zero-order valence-electron chi connectivity index (χ0n) is 15.0. The van der Waals surface area contributed by atoms with Crippen molar-refractivity contribution >= 4 is 23.4 Å². The summed E-state index contributed by atoms with van der Waals surface area (Å²) >= 11 is 7.71. The lowest BCUT2D eigenvalue weighted by Gasteiger charge is -2.19. The van der Waals surface area contributed by atoms with Crippen LogP contribution in [0.1, 0.15) is 31.9 Å². The number of rotatable bonds is 4. The average Bonchev–Trinajstić information content (AvgIpc) is 2.93. The number of thioether (sulfide) groups is 1. The van der Waals surface area contributed by atoms with Crippen LogP contribution in [0.5, 0.6) is 0 Å². The molecule has 0 saturated carbocycles. The second-order valence-electron chi connectivity index (χ2n) is 7.11. The Morgan fingerprint density at radius 1 is 1.04 bits per heavy atom.